The first kappa shape index (κ1) is 26.3. The fourth-order valence-electron chi connectivity index (χ4n) is 3.81. The molecule has 2 heterocycles. The zero-order valence-electron chi connectivity index (χ0n) is 18.8. The zero-order chi connectivity index (χ0) is 20.9. The first-order valence-corrected chi connectivity index (χ1v) is 11.3. The number of hydrogen-bond donors (Lipinski definition) is 2. The third-order valence-corrected chi connectivity index (χ3v) is 5.64. The van der Waals surface area contributed by atoms with Gasteiger partial charge < -0.3 is 24.8 Å². The second-order valence-corrected chi connectivity index (χ2v) is 8.05. The number of ether oxygens (including phenoxy) is 3. The van der Waals surface area contributed by atoms with Crippen LogP contribution in [0.4, 0.5) is 0 Å². The summed E-state index contributed by atoms with van der Waals surface area (Å²) < 4.78 is 16.6. The predicted octanol–water partition coefficient (Wildman–Crippen LogP) is 2.64. The summed E-state index contributed by atoms with van der Waals surface area (Å²) in [5.74, 6) is 1.50. The Bertz CT molecular complexity index is 635. The number of nitrogens with one attached hydrogen (secondary N) is 2. The lowest BCUT2D eigenvalue weighted by Gasteiger charge is -2.26. The molecule has 0 saturated carbocycles. The van der Waals surface area contributed by atoms with E-state index in [4.69, 9.17) is 14.2 Å². The molecule has 0 unspecified atom stereocenters. The van der Waals surface area contributed by atoms with Crippen molar-refractivity contribution in [3.8, 4) is 0 Å². The quantitative estimate of drug-likeness (QED) is 0.204. The third-order valence-electron chi connectivity index (χ3n) is 5.64. The maximum atomic E-state index is 5.83. The van der Waals surface area contributed by atoms with Crippen LogP contribution in [0.15, 0.2) is 29.3 Å². The molecule has 31 heavy (non-hydrogen) atoms. The van der Waals surface area contributed by atoms with Crippen molar-refractivity contribution in [3.63, 3.8) is 0 Å². The summed E-state index contributed by atoms with van der Waals surface area (Å²) in [7, 11) is 1.81. The molecule has 3 rings (SSSR count). The first-order chi connectivity index (χ1) is 14.8. The Hall–Kier alpha value is -0.940. The van der Waals surface area contributed by atoms with Gasteiger partial charge in [-0.05, 0) is 36.3 Å². The van der Waals surface area contributed by atoms with Gasteiger partial charge in [0.15, 0.2) is 5.96 Å². The Morgan fingerprint density at radius 2 is 1.84 bits per heavy atom. The van der Waals surface area contributed by atoms with E-state index in [0.717, 1.165) is 97.6 Å². The molecule has 2 fully saturated rings. The summed E-state index contributed by atoms with van der Waals surface area (Å²) in [4.78, 5) is 6.77. The van der Waals surface area contributed by atoms with Crippen LogP contribution in [0.2, 0.25) is 0 Å². The molecule has 1 aromatic carbocycles. The summed E-state index contributed by atoms with van der Waals surface area (Å²) >= 11 is 0. The molecule has 2 saturated heterocycles. The van der Waals surface area contributed by atoms with Crippen molar-refractivity contribution >= 4 is 29.9 Å². The number of rotatable bonds is 10. The van der Waals surface area contributed by atoms with Gasteiger partial charge in [0.1, 0.15) is 0 Å². The fourth-order valence-corrected chi connectivity index (χ4v) is 3.81. The van der Waals surface area contributed by atoms with E-state index in [9.17, 15) is 0 Å². The van der Waals surface area contributed by atoms with Crippen LogP contribution in [-0.4, -0.2) is 77.2 Å². The largest absolute Gasteiger partial charge is 0.381 e. The highest BCUT2D eigenvalue weighted by molar-refractivity contribution is 14.0. The Kier molecular flexibility index (Phi) is 13.4. The van der Waals surface area contributed by atoms with E-state index in [1.807, 2.05) is 7.05 Å². The van der Waals surface area contributed by atoms with Crippen LogP contribution >= 0.6 is 24.0 Å². The van der Waals surface area contributed by atoms with Crippen molar-refractivity contribution < 1.29 is 14.2 Å². The smallest absolute Gasteiger partial charge is 0.191 e. The van der Waals surface area contributed by atoms with E-state index >= 15 is 0 Å². The van der Waals surface area contributed by atoms with E-state index in [1.165, 1.54) is 11.1 Å². The van der Waals surface area contributed by atoms with E-state index in [2.05, 4.69) is 44.8 Å². The average Bonchev–Trinajstić information content (AvgIpc) is 2.80. The summed E-state index contributed by atoms with van der Waals surface area (Å²) in [5, 5.41) is 6.78. The van der Waals surface area contributed by atoms with Crippen LogP contribution in [0.3, 0.4) is 0 Å². The molecule has 0 amide bonds. The van der Waals surface area contributed by atoms with Gasteiger partial charge in [-0.15, -0.1) is 24.0 Å². The molecule has 0 bridgehead atoms. The van der Waals surface area contributed by atoms with Crippen molar-refractivity contribution in [2.45, 2.75) is 32.4 Å². The minimum Gasteiger partial charge on any atom is -0.381 e. The Balaban J connectivity index is 0.00000341. The molecular weight excluding hydrogens is 507 g/mol. The van der Waals surface area contributed by atoms with Crippen molar-refractivity contribution in [2.75, 3.05) is 66.3 Å². The summed E-state index contributed by atoms with van der Waals surface area (Å²) in [6, 6.07) is 8.78. The molecule has 176 valence electrons. The van der Waals surface area contributed by atoms with Gasteiger partial charge in [-0.1, -0.05) is 24.3 Å². The predicted molar refractivity (Wildman–Crippen MR) is 135 cm³/mol. The highest BCUT2D eigenvalue weighted by Crippen LogP contribution is 2.14. The molecule has 0 aliphatic carbocycles. The monoisotopic (exact) mass is 546 g/mol. The molecule has 0 atom stereocenters. The molecule has 2 aliphatic rings. The maximum Gasteiger partial charge on any atom is 0.191 e. The minimum atomic E-state index is 0. The van der Waals surface area contributed by atoms with Crippen molar-refractivity contribution in [3.05, 3.63) is 35.4 Å². The summed E-state index contributed by atoms with van der Waals surface area (Å²) in [6.45, 7) is 9.70. The molecule has 0 radical (unpaired) electrons. The Labute approximate surface area is 204 Å². The zero-order valence-corrected chi connectivity index (χ0v) is 21.1. The third kappa shape index (κ3) is 10.5. The van der Waals surface area contributed by atoms with Gasteiger partial charge in [0, 0.05) is 66.2 Å². The molecule has 2 N–H and O–H groups in total. The van der Waals surface area contributed by atoms with Gasteiger partial charge in [0.2, 0.25) is 0 Å². The standard InChI is InChI=1S/C23H38N4O3.HI/c1-24-23(25-8-3-11-30-19-20-6-12-28-13-7-20)26-17-21-4-2-5-22(16-21)18-27-9-14-29-15-10-27;/h2,4-5,16,20H,3,6-15,17-19H2,1H3,(H2,24,25,26);1H. The Morgan fingerprint density at radius 3 is 2.61 bits per heavy atom. The van der Waals surface area contributed by atoms with Crippen molar-refractivity contribution in [1.29, 1.82) is 0 Å². The van der Waals surface area contributed by atoms with Crippen LogP contribution in [0.25, 0.3) is 0 Å². The second kappa shape index (κ2) is 15.8. The van der Waals surface area contributed by atoms with Crippen LogP contribution in [-0.2, 0) is 27.3 Å². The number of hydrogen-bond acceptors (Lipinski definition) is 5. The first-order valence-electron chi connectivity index (χ1n) is 11.3. The van der Waals surface area contributed by atoms with E-state index in [-0.39, 0.29) is 24.0 Å². The lowest BCUT2D eigenvalue weighted by molar-refractivity contribution is 0.0203. The number of guanidine groups is 1. The number of benzene rings is 1. The van der Waals surface area contributed by atoms with Gasteiger partial charge in [0.05, 0.1) is 13.2 Å². The fraction of sp³-hybridized carbons (Fsp3) is 0.696. The summed E-state index contributed by atoms with van der Waals surface area (Å²) in [6.07, 6.45) is 3.23. The van der Waals surface area contributed by atoms with Gasteiger partial charge in [-0.2, -0.15) is 0 Å². The topological polar surface area (TPSA) is 67.4 Å². The van der Waals surface area contributed by atoms with Crippen LogP contribution in [0.5, 0.6) is 0 Å². The highest BCUT2D eigenvalue weighted by atomic mass is 127. The van der Waals surface area contributed by atoms with Gasteiger partial charge in [-0.25, -0.2) is 0 Å². The van der Waals surface area contributed by atoms with Gasteiger partial charge in [-0.3, -0.25) is 9.89 Å². The molecule has 1 aromatic rings. The van der Waals surface area contributed by atoms with Crippen molar-refractivity contribution in [1.82, 2.24) is 15.5 Å². The normalized spacial score (nSPS) is 18.4. The van der Waals surface area contributed by atoms with E-state index < -0.39 is 0 Å². The molecular formula is C23H39IN4O3. The molecule has 2 aliphatic heterocycles. The summed E-state index contributed by atoms with van der Waals surface area (Å²) in [5.41, 5.74) is 2.62. The van der Waals surface area contributed by atoms with Gasteiger partial charge >= 0.3 is 0 Å². The van der Waals surface area contributed by atoms with E-state index in [1.54, 1.807) is 0 Å². The number of aliphatic imine (C=N–C) groups is 1. The van der Waals surface area contributed by atoms with Gasteiger partial charge in [0.25, 0.3) is 0 Å². The highest BCUT2D eigenvalue weighted by Gasteiger charge is 2.13. The number of halogens is 1. The average molecular weight is 546 g/mol. The van der Waals surface area contributed by atoms with Crippen LogP contribution in [0.1, 0.15) is 30.4 Å². The maximum absolute atomic E-state index is 5.83. The second-order valence-electron chi connectivity index (χ2n) is 8.05. The van der Waals surface area contributed by atoms with Crippen LogP contribution in [0, 0.1) is 5.92 Å². The SMILES string of the molecule is CN=C(NCCCOCC1CCOCC1)NCc1cccc(CN2CCOCC2)c1.I. The molecule has 0 spiro atoms. The minimum absolute atomic E-state index is 0. The lowest BCUT2D eigenvalue weighted by atomic mass is 10.0. The van der Waals surface area contributed by atoms with Crippen LogP contribution < -0.4 is 10.6 Å². The van der Waals surface area contributed by atoms with Crippen molar-refractivity contribution in [2.24, 2.45) is 10.9 Å². The number of morpholine rings is 1. The van der Waals surface area contributed by atoms with E-state index in [0.29, 0.717) is 5.92 Å². The number of nitrogens with zero attached hydrogens (tertiary/aromatic N) is 2. The molecule has 7 nitrogen and oxygen atoms in total. The molecule has 8 heteroatoms. The lowest BCUT2D eigenvalue weighted by Crippen LogP contribution is -2.37. The molecule has 0 aromatic heterocycles. The Morgan fingerprint density at radius 1 is 1.10 bits per heavy atom.